The zero-order valence-corrected chi connectivity index (χ0v) is 20.7. The largest absolute Gasteiger partial charge is 0.342 e. The molecule has 0 unspecified atom stereocenters. The van der Waals surface area contributed by atoms with Crippen LogP contribution in [-0.4, -0.2) is 4.57 Å². The molecule has 0 radical (unpaired) electrons. The Bertz CT molecular complexity index is 1800. The van der Waals surface area contributed by atoms with Gasteiger partial charge in [-0.15, -0.1) is 0 Å². The fourth-order valence-corrected chi connectivity index (χ4v) is 5.48. The molecule has 0 atom stereocenters. The summed E-state index contributed by atoms with van der Waals surface area (Å²) >= 11 is 0. The lowest BCUT2D eigenvalue weighted by Gasteiger charge is -2.11. The molecule has 2 heterocycles. The summed E-state index contributed by atoms with van der Waals surface area (Å²) in [5.41, 5.74) is 10.9. The molecule has 0 fully saturated rings. The molecule has 3 heteroatoms. The van der Waals surface area contributed by atoms with Gasteiger partial charge in [0.05, 0.1) is 28.2 Å². The van der Waals surface area contributed by atoms with Gasteiger partial charge in [-0.3, -0.25) is 0 Å². The molecule has 2 aromatic heterocycles. The summed E-state index contributed by atoms with van der Waals surface area (Å²) in [5, 5.41) is 12.4. The highest BCUT2D eigenvalue weighted by Crippen LogP contribution is 2.41. The van der Waals surface area contributed by atoms with Crippen molar-refractivity contribution >= 4 is 21.8 Å². The van der Waals surface area contributed by atoms with Gasteiger partial charge in [0, 0.05) is 35.5 Å². The van der Waals surface area contributed by atoms with Crippen LogP contribution in [-0.2, 0) is 14.1 Å². The molecule has 0 aliphatic heterocycles. The number of aromatic nitrogens is 2. The monoisotopic (exact) mass is 464 g/mol. The molecule has 6 rings (SSSR count). The Morgan fingerprint density at radius 2 is 1.28 bits per heavy atom. The Balaban J connectivity index is 1.66. The number of hydrogen-bond acceptors (Lipinski definition) is 1. The average molecular weight is 465 g/mol. The molecule has 0 amide bonds. The van der Waals surface area contributed by atoms with E-state index in [-0.39, 0.29) is 0 Å². The Morgan fingerprint density at radius 3 is 1.97 bits per heavy atom. The highest BCUT2D eigenvalue weighted by molar-refractivity contribution is 6.17. The van der Waals surface area contributed by atoms with Crippen LogP contribution < -0.4 is 4.57 Å². The molecule has 0 N–H and O–H groups in total. The van der Waals surface area contributed by atoms with E-state index in [2.05, 4.69) is 127 Å². The van der Waals surface area contributed by atoms with Gasteiger partial charge in [0.2, 0.25) is 5.69 Å². The molecular weight excluding hydrogens is 438 g/mol. The van der Waals surface area contributed by atoms with Crippen LogP contribution in [0.15, 0.2) is 103 Å². The van der Waals surface area contributed by atoms with Crippen LogP contribution in [0, 0.1) is 18.3 Å². The fourth-order valence-electron chi connectivity index (χ4n) is 5.48. The van der Waals surface area contributed by atoms with E-state index >= 15 is 0 Å². The van der Waals surface area contributed by atoms with E-state index in [4.69, 9.17) is 0 Å². The molecule has 0 spiro atoms. The second kappa shape index (κ2) is 8.52. The lowest BCUT2D eigenvalue weighted by atomic mass is 9.94. The van der Waals surface area contributed by atoms with Crippen molar-refractivity contribution < 1.29 is 4.57 Å². The topological polar surface area (TPSA) is 32.6 Å². The average Bonchev–Trinajstić information content (AvgIpc) is 3.21. The predicted octanol–water partition coefficient (Wildman–Crippen LogP) is 7.34. The molecule has 6 aromatic rings. The fraction of sp³-hybridized carbons (Fsp3) is 0.0909. The first-order valence-electron chi connectivity index (χ1n) is 12.1. The summed E-state index contributed by atoms with van der Waals surface area (Å²) in [6.07, 6.45) is 2.09. The molecule has 36 heavy (non-hydrogen) atoms. The third kappa shape index (κ3) is 3.31. The van der Waals surface area contributed by atoms with E-state index < -0.39 is 0 Å². The van der Waals surface area contributed by atoms with Crippen molar-refractivity contribution in [3.63, 3.8) is 0 Å². The second-order valence-electron chi connectivity index (χ2n) is 9.35. The van der Waals surface area contributed by atoms with Gasteiger partial charge < -0.3 is 4.57 Å². The van der Waals surface area contributed by atoms with E-state index in [1.165, 1.54) is 33.3 Å². The van der Waals surface area contributed by atoms with Gasteiger partial charge in [-0.2, -0.15) is 5.26 Å². The molecular formula is C33H26N3+. The maximum Gasteiger partial charge on any atom is 0.214 e. The zero-order valence-electron chi connectivity index (χ0n) is 20.7. The first-order valence-corrected chi connectivity index (χ1v) is 12.1. The Hall–Kier alpha value is -4.68. The van der Waals surface area contributed by atoms with Crippen LogP contribution in [0.1, 0.15) is 11.1 Å². The van der Waals surface area contributed by atoms with Crippen LogP contribution in [0.4, 0.5) is 0 Å². The highest BCUT2D eigenvalue weighted by atomic mass is 15.0. The van der Waals surface area contributed by atoms with Gasteiger partial charge in [-0.1, -0.05) is 72.8 Å². The van der Waals surface area contributed by atoms with Crippen molar-refractivity contribution in [2.45, 2.75) is 6.92 Å². The third-order valence-corrected chi connectivity index (χ3v) is 7.24. The van der Waals surface area contributed by atoms with Crippen LogP contribution in [0.25, 0.3) is 55.3 Å². The van der Waals surface area contributed by atoms with E-state index in [1.54, 1.807) is 0 Å². The van der Waals surface area contributed by atoms with Crippen LogP contribution in [0.3, 0.4) is 0 Å². The molecule has 4 aromatic carbocycles. The first kappa shape index (κ1) is 21.8. The number of benzene rings is 4. The number of rotatable bonds is 3. The minimum Gasteiger partial charge on any atom is -0.342 e. The lowest BCUT2D eigenvalue weighted by molar-refractivity contribution is -0.660. The molecule has 3 nitrogen and oxygen atoms in total. The van der Waals surface area contributed by atoms with E-state index in [0.29, 0.717) is 5.56 Å². The molecule has 0 bridgehead atoms. The number of aryl methyl sites for hydroxylation is 3. The van der Waals surface area contributed by atoms with E-state index in [0.717, 1.165) is 27.6 Å². The van der Waals surface area contributed by atoms with Crippen LogP contribution in [0.2, 0.25) is 0 Å². The Morgan fingerprint density at radius 1 is 0.667 bits per heavy atom. The standard InChI is InChI=1S/C33H26N3/c1-22-12-18-27-28-19-17-26(21-34)31(25-15-13-24(14-16-25)23-9-5-4-6-10-23)33(28)36(3)32(27)30(22)29-11-7-8-20-35(29)2/h4-20H,1-3H3/q+1. The van der Waals surface area contributed by atoms with Gasteiger partial charge in [0.1, 0.15) is 7.05 Å². The Labute approximate surface area is 211 Å². The number of nitriles is 1. The van der Waals surface area contributed by atoms with Crippen molar-refractivity contribution in [2.24, 2.45) is 14.1 Å². The summed E-state index contributed by atoms with van der Waals surface area (Å²) in [4.78, 5) is 0. The molecule has 0 aliphatic rings. The zero-order chi connectivity index (χ0) is 24.8. The molecule has 172 valence electrons. The predicted molar refractivity (Wildman–Crippen MR) is 147 cm³/mol. The quantitative estimate of drug-likeness (QED) is 0.252. The molecule has 0 saturated carbocycles. The molecule has 0 aliphatic carbocycles. The van der Waals surface area contributed by atoms with Crippen molar-refractivity contribution in [2.75, 3.05) is 0 Å². The lowest BCUT2D eigenvalue weighted by Crippen LogP contribution is -2.30. The maximum atomic E-state index is 10.1. The smallest absolute Gasteiger partial charge is 0.214 e. The minimum absolute atomic E-state index is 0.685. The normalized spacial score (nSPS) is 11.2. The SMILES string of the molecule is Cc1ccc2c3ccc(C#N)c(-c4ccc(-c5ccccc5)cc4)c3n(C)c2c1-c1cccc[n+]1C. The molecule has 0 saturated heterocycles. The number of fused-ring (bicyclic) bond motifs is 3. The van der Waals surface area contributed by atoms with Crippen molar-refractivity contribution in [1.29, 1.82) is 5.26 Å². The summed E-state index contributed by atoms with van der Waals surface area (Å²) in [6, 6.07) is 36.2. The van der Waals surface area contributed by atoms with Gasteiger partial charge in [0.25, 0.3) is 0 Å². The summed E-state index contributed by atoms with van der Waals surface area (Å²) in [5.74, 6) is 0. The summed E-state index contributed by atoms with van der Waals surface area (Å²) in [6.45, 7) is 2.17. The van der Waals surface area contributed by atoms with Crippen molar-refractivity contribution in [3.05, 3.63) is 114 Å². The highest BCUT2D eigenvalue weighted by Gasteiger charge is 2.23. The first-order chi connectivity index (χ1) is 17.6. The van der Waals surface area contributed by atoms with Gasteiger partial charge in [-0.25, -0.2) is 4.57 Å². The summed E-state index contributed by atoms with van der Waals surface area (Å²) < 4.78 is 4.45. The van der Waals surface area contributed by atoms with Gasteiger partial charge >= 0.3 is 0 Å². The van der Waals surface area contributed by atoms with Crippen LogP contribution in [0.5, 0.6) is 0 Å². The van der Waals surface area contributed by atoms with Crippen molar-refractivity contribution in [1.82, 2.24) is 4.57 Å². The van der Waals surface area contributed by atoms with Gasteiger partial charge in [0.15, 0.2) is 6.20 Å². The second-order valence-corrected chi connectivity index (χ2v) is 9.35. The van der Waals surface area contributed by atoms with Crippen molar-refractivity contribution in [3.8, 4) is 39.6 Å². The van der Waals surface area contributed by atoms with Crippen LogP contribution >= 0.6 is 0 Å². The van der Waals surface area contributed by atoms with E-state index in [1.807, 2.05) is 12.1 Å². The summed E-state index contributed by atoms with van der Waals surface area (Å²) in [7, 11) is 4.21. The number of nitrogens with zero attached hydrogens (tertiary/aromatic N) is 3. The van der Waals surface area contributed by atoms with E-state index in [9.17, 15) is 5.26 Å². The van der Waals surface area contributed by atoms with Gasteiger partial charge in [-0.05, 0) is 41.3 Å². The third-order valence-electron chi connectivity index (χ3n) is 7.24. The number of pyridine rings is 1. The maximum absolute atomic E-state index is 10.1. The Kier molecular flexibility index (Phi) is 5.16. The number of hydrogen-bond donors (Lipinski definition) is 0. The minimum atomic E-state index is 0.685.